The van der Waals surface area contributed by atoms with Gasteiger partial charge in [0, 0.05) is 30.1 Å². The van der Waals surface area contributed by atoms with Crippen LogP contribution in [-0.4, -0.2) is 57.9 Å². The third kappa shape index (κ3) is 7.51. The van der Waals surface area contributed by atoms with Gasteiger partial charge in [-0.05, 0) is 37.5 Å². The number of aromatic nitrogens is 1. The van der Waals surface area contributed by atoms with Gasteiger partial charge >= 0.3 is 10.2 Å². The number of amides is 2. The maximum Gasteiger partial charge on any atom is 0.301 e. The zero-order chi connectivity index (χ0) is 27.0. The third-order valence-corrected chi connectivity index (χ3v) is 7.50. The molecule has 198 valence electrons. The van der Waals surface area contributed by atoms with Crippen LogP contribution in [-0.2, 0) is 23.2 Å². The number of carbonyl (C=O) groups is 2. The maximum absolute atomic E-state index is 13.6. The molecule has 0 bridgehead atoms. The predicted octanol–water partition coefficient (Wildman–Crippen LogP) is 2.94. The molecule has 37 heavy (non-hydrogen) atoms. The quantitative estimate of drug-likeness (QED) is 0.358. The Morgan fingerprint density at radius 3 is 2.32 bits per heavy atom. The van der Waals surface area contributed by atoms with Crippen LogP contribution in [0.15, 0.2) is 47.8 Å². The van der Waals surface area contributed by atoms with Crippen LogP contribution in [0.5, 0.6) is 11.5 Å². The van der Waals surface area contributed by atoms with Crippen LogP contribution in [0.2, 0.25) is 0 Å². The zero-order valence-corrected chi connectivity index (χ0v) is 22.7. The molecule has 2 aromatic carbocycles. The average Bonchev–Trinajstić information content (AvgIpc) is 3.37. The summed E-state index contributed by atoms with van der Waals surface area (Å²) in [6.07, 6.45) is 1.48. The minimum atomic E-state index is -3.96. The number of benzene rings is 2. The number of nitrogens with zero attached hydrogens (tertiary/aromatic N) is 2. The van der Waals surface area contributed by atoms with E-state index < -0.39 is 16.1 Å². The van der Waals surface area contributed by atoms with E-state index >= 15 is 0 Å². The first-order valence-electron chi connectivity index (χ1n) is 11.4. The summed E-state index contributed by atoms with van der Waals surface area (Å²) in [6.45, 7) is 2.41. The van der Waals surface area contributed by atoms with E-state index in [2.05, 4.69) is 4.98 Å². The number of rotatable bonds is 12. The summed E-state index contributed by atoms with van der Waals surface area (Å²) >= 11 is 1.000. The Kier molecular flexibility index (Phi) is 9.61. The first kappa shape index (κ1) is 28.1. The van der Waals surface area contributed by atoms with E-state index in [1.54, 1.807) is 22.4 Å². The Labute approximate surface area is 220 Å². The average molecular weight is 547 g/mol. The van der Waals surface area contributed by atoms with Gasteiger partial charge in [-0.2, -0.15) is 8.42 Å². The minimum Gasteiger partial charge on any atom is -0.496 e. The molecule has 0 radical (unpaired) electrons. The molecule has 0 aliphatic heterocycles. The van der Waals surface area contributed by atoms with Crippen LogP contribution < -0.4 is 18.9 Å². The molecule has 2 N–H and O–H groups in total. The molecule has 1 aromatic heterocycles. The third-order valence-electron chi connectivity index (χ3n) is 5.62. The van der Waals surface area contributed by atoms with Crippen molar-refractivity contribution in [2.24, 2.45) is 0 Å². The normalized spacial score (nSPS) is 11.1. The lowest BCUT2D eigenvalue weighted by molar-refractivity contribution is 0.0738. The number of nitrogens with one attached hydrogen (secondary N) is 2. The molecular weight excluding hydrogens is 516 g/mol. The Morgan fingerprint density at radius 1 is 1.08 bits per heavy atom. The first-order chi connectivity index (χ1) is 17.7. The number of hydrogen-bond donors (Lipinski definition) is 2. The van der Waals surface area contributed by atoms with Gasteiger partial charge in [0.15, 0.2) is 5.01 Å². The Morgan fingerprint density at radius 2 is 1.73 bits per heavy atom. The molecule has 0 spiro atoms. The molecule has 0 saturated carbocycles. The minimum absolute atomic E-state index is 0.0239. The highest BCUT2D eigenvalue weighted by Crippen LogP contribution is 2.30. The number of thiazole rings is 1. The zero-order valence-electron chi connectivity index (χ0n) is 21.1. The van der Waals surface area contributed by atoms with Crippen molar-refractivity contribution in [2.45, 2.75) is 26.3 Å². The number of carbonyl (C=O) groups excluding carboxylic acids is 2. The van der Waals surface area contributed by atoms with E-state index in [0.29, 0.717) is 35.7 Å². The summed E-state index contributed by atoms with van der Waals surface area (Å²) in [5.41, 5.74) is 2.80. The topological polar surface area (TPSA) is 127 Å². The van der Waals surface area contributed by atoms with Crippen molar-refractivity contribution in [1.82, 2.24) is 19.3 Å². The van der Waals surface area contributed by atoms with Crippen LogP contribution in [0.3, 0.4) is 0 Å². The Hall–Kier alpha value is -3.48. The molecule has 0 atom stereocenters. The van der Waals surface area contributed by atoms with Crippen molar-refractivity contribution in [3.05, 3.63) is 75.2 Å². The second kappa shape index (κ2) is 12.7. The van der Waals surface area contributed by atoms with Crippen molar-refractivity contribution < 1.29 is 27.5 Å². The molecule has 1 heterocycles. The van der Waals surface area contributed by atoms with Crippen molar-refractivity contribution in [3.8, 4) is 11.5 Å². The van der Waals surface area contributed by atoms with Crippen LogP contribution in [0, 0.1) is 6.92 Å². The largest absolute Gasteiger partial charge is 0.496 e. The standard InChI is InChI=1S/C25H30N4O6S2/c1-17-21(34-3)13-19(14-22(17)35-4)25(31)29(12-8-11-18-9-6-5-7-10-18)15-20-16-36-24(27-20)23(30)28-37(32,33)26-2/h5-7,9-10,13-14,16,26H,8,11-12,15H2,1-4H3,(H,28,30). The van der Waals surface area contributed by atoms with Crippen LogP contribution in [0.25, 0.3) is 0 Å². The predicted molar refractivity (Wildman–Crippen MR) is 141 cm³/mol. The highest BCUT2D eigenvalue weighted by molar-refractivity contribution is 7.88. The smallest absolute Gasteiger partial charge is 0.301 e. The van der Waals surface area contributed by atoms with Gasteiger partial charge in [-0.3, -0.25) is 9.59 Å². The van der Waals surface area contributed by atoms with Gasteiger partial charge in [-0.25, -0.2) is 14.4 Å². The van der Waals surface area contributed by atoms with Gasteiger partial charge in [0.1, 0.15) is 11.5 Å². The van der Waals surface area contributed by atoms with E-state index in [-0.39, 0.29) is 17.5 Å². The van der Waals surface area contributed by atoms with Crippen molar-refractivity contribution in [3.63, 3.8) is 0 Å². The van der Waals surface area contributed by atoms with Crippen LogP contribution in [0.1, 0.15) is 43.4 Å². The lowest BCUT2D eigenvalue weighted by Crippen LogP contribution is -2.38. The highest BCUT2D eigenvalue weighted by Gasteiger charge is 2.22. The van der Waals surface area contributed by atoms with Crippen LogP contribution in [0.4, 0.5) is 0 Å². The summed E-state index contributed by atoms with van der Waals surface area (Å²) in [5, 5.41) is 1.61. The van der Waals surface area contributed by atoms with E-state index in [1.165, 1.54) is 21.3 Å². The van der Waals surface area contributed by atoms with Gasteiger partial charge < -0.3 is 14.4 Å². The van der Waals surface area contributed by atoms with Gasteiger partial charge in [0.2, 0.25) is 0 Å². The number of methoxy groups -OCH3 is 2. The fraction of sp³-hybridized carbons (Fsp3) is 0.320. The monoisotopic (exact) mass is 546 g/mol. The SMILES string of the molecule is CNS(=O)(=O)NC(=O)c1nc(CN(CCCc2ccccc2)C(=O)c2cc(OC)c(C)c(OC)c2)cs1. The van der Waals surface area contributed by atoms with Gasteiger partial charge in [0.25, 0.3) is 11.8 Å². The first-order valence-corrected chi connectivity index (χ1v) is 13.8. The Bertz CT molecular complexity index is 1320. The molecule has 0 fully saturated rings. The Balaban J connectivity index is 1.84. The van der Waals surface area contributed by atoms with Gasteiger partial charge in [-0.1, -0.05) is 30.3 Å². The second-order valence-electron chi connectivity index (χ2n) is 8.10. The number of ether oxygens (including phenoxy) is 2. The molecule has 3 aromatic rings. The maximum atomic E-state index is 13.6. The van der Waals surface area contributed by atoms with Gasteiger partial charge in [0.05, 0.1) is 26.5 Å². The van der Waals surface area contributed by atoms with Crippen molar-refractivity contribution in [1.29, 1.82) is 0 Å². The summed E-state index contributed by atoms with van der Waals surface area (Å²) in [7, 11) is 0.298. The summed E-state index contributed by atoms with van der Waals surface area (Å²) in [4.78, 5) is 31.8. The molecule has 10 nitrogen and oxygen atoms in total. The molecule has 0 unspecified atom stereocenters. The lowest BCUT2D eigenvalue weighted by atomic mass is 10.1. The van der Waals surface area contributed by atoms with E-state index in [9.17, 15) is 18.0 Å². The molecule has 0 saturated heterocycles. The number of aryl methyl sites for hydroxylation is 1. The van der Waals surface area contributed by atoms with Gasteiger partial charge in [-0.15, -0.1) is 11.3 Å². The molecule has 0 aliphatic rings. The number of hydrogen-bond acceptors (Lipinski definition) is 8. The molecule has 3 rings (SSSR count). The van der Waals surface area contributed by atoms with Crippen molar-refractivity contribution >= 4 is 33.4 Å². The lowest BCUT2D eigenvalue weighted by Gasteiger charge is -2.23. The summed E-state index contributed by atoms with van der Waals surface area (Å²) in [6, 6.07) is 13.3. The molecule has 12 heteroatoms. The van der Waals surface area contributed by atoms with Crippen LogP contribution >= 0.6 is 11.3 Å². The summed E-state index contributed by atoms with van der Waals surface area (Å²) < 4.78 is 38.0. The second-order valence-corrected chi connectivity index (χ2v) is 10.6. The van der Waals surface area contributed by atoms with E-state index in [0.717, 1.165) is 28.9 Å². The molecule has 0 aliphatic carbocycles. The molecule has 2 amide bonds. The van der Waals surface area contributed by atoms with E-state index in [4.69, 9.17) is 9.47 Å². The summed E-state index contributed by atoms with van der Waals surface area (Å²) in [5.74, 6) is -0.0300. The fourth-order valence-corrected chi connectivity index (χ4v) is 4.87. The highest BCUT2D eigenvalue weighted by atomic mass is 32.2. The fourth-order valence-electron chi connectivity index (χ4n) is 3.66. The molecular formula is C25H30N4O6S2. The van der Waals surface area contributed by atoms with Crippen molar-refractivity contribution in [2.75, 3.05) is 27.8 Å². The van der Waals surface area contributed by atoms with E-state index in [1.807, 2.05) is 46.7 Å².